The monoisotopic (exact) mass is 232 g/mol. The number of carbonyl (C=O) groups excluding carboxylic acids is 1. The summed E-state index contributed by atoms with van der Waals surface area (Å²) in [4.78, 5) is 11.4. The number of ether oxygens (including phenoxy) is 1. The lowest BCUT2D eigenvalue weighted by Gasteiger charge is -2.02. The average Bonchev–Trinajstić information content (AvgIpc) is 2.56. The van der Waals surface area contributed by atoms with Crippen LogP contribution in [-0.4, -0.2) is 12.6 Å². The van der Waals surface area contributed by atoms with Gasteiger partial charge in [-0.05, 0) is 44.0 Å². The Kier molecular flexibility index (Phi) is 3.18. The van der Waals surface area contributed by atoms with Gasteiger partial charge in [0.15, 0.2) is 0 Å². The Hall–Kier alpha value is -1.77. The largest absolute Gasteiger partial charge is 0.466 e. The zero-order chi connectivity index (χ0) is 12.4. The average molecular weight is 232 g/mol. The van der Waals surface area contributed by atoms with Crippen molar-refractivity contribution in [1.29, 1.82) is 0 Å². The lowest BCUT2D eigenvalue weighted by Crippen LogP contribution is -2.07. The van der Waals surface area contributed by atoms with Crippen LogP contribution in [0.3, 0.4) is 0 Å². The minimum atomic E-state index is -0.190. The van der Waals surface area contributed by atoms with Crippen molar-refractivity contribution < 1.29 is 13.9 Å². The maximum absolute atomic E-state index is 11.4. The van der Waals surface area contributed by atoms with Crippen LogP contribution in [0.1, 0.15) is 23.8 Å². The van der Waals surface area contributed by atoms with E-state index in [-0.39, 0.29) is 5.97 Å². The highest BCUT2D eigenvalue weighted by atomic mass is 16.5. The Morgan fingerprint density at radius 3 is 2.82 bits per heavy atom. The van der Waals surface area contributed by atoms with Crippen molar-refractivity contribution in [2.45, 2.75) is 27.2 Å². The van der Waals surface area contributed by atoms with Gasteiger partial charge in [0.1, 0.15) is 11.3 Å². The van der Waals surface area contributed by atoms with Gasteiger partial charge in [0, 0.05) is 5.39 Å². The molecule has 1 heterocycles. The molecule has 0 N–H and O–H groups in total. The van der Waals surface area contributed by atoms with E-state index in [9.17, 15) is 4.79 Å². The van der Waals surface area contributed by atoms with Gasteiger partial charge in [-0.15, -0.1) is 0 Å². The molecule has 0 amide bonds. The van der Waals surface area contributed by atoms with Crippen LogP contribution >= 0.6 is 0 Å². The van der Waals surface area contributed by atoms with E-state index in [0.29, 0.717) is 13.0 Å². The summed E-state index contributed by atoms with van der Waals surface area (Å²) in [6, 6.07) is 5.81. The molecule has 0 radical (unpaired) electrons. The smallest absolute Gasteiger partial charge is 0.310 e. The molecule has 0 atom stereocenters. The Morgan fingerprint density at radius 2 is 2.12 bits per heavy atom. The van der Waals surface area contributed by atoms with E-state index in [0.717, 1.165) is 27.9 Å². The SMILES string of the molecule is CCOC(=O)Cc1ccc2oc(C)c(C)c2c1. The molecule has 3 nitrogen and oxygen atoms in total. The molecule has 0 spiro atoms. The molecule has 0 bridgehead atoms. The van der Waals surface area contributed by atoms with Crippen molar-refractivity contribution in [3.63, 3.8) is 0 Å². The summed E-state index contributed by atoms with van der Waals surface area (Å²) in [6.07, 6.45) is 0.313. The molecule has 3 heteroatoms. The molecule has 0 saturated heterocycles. The standard InChI is InChI=1S/C14H16O3/c1-4-16-14(15)8-11-5-6-13-12(7-11)9(2)10(3)17-13/h5-7H,4,8H2,1-3H3. The molecular weight excluding hydrogens is 216 g/mol. The summed E-state index contributed by atoms with van der Waals surface area (Å²) >= 11 is 0. The zero-order valence-corrected chi connectivity index (χ0v) is 10.4. The highest BCUT2D eigenvalue weighted by Gasteiger charge is 2.09. The number of benzene rings is 1. The van der Waals surface area contributed by atoms with E-state index in [1.54, 1.807) is 0 Å². The van der Waals surface area contributed by atoms with Gasteiger partial charge < -0.3 is 9.15 Å². The van der Waals surface area contributed by atoms with Gasteiger partial charge in [0.25, 0.3) is 0 Å². The first-order chi connectivity index (χ1) is 8.11. The zero-order valence-electron chi connectivity index (χ0n) is 10.4. The lowest BCUT2D eigenvalue weighted by atomic mass is 10.1. The fraction of sp³-hybridized carbons (Fsp3) is 0.357. The summed E-state index contributed by atoms with van der Waals surface area (Å²) in [6.45, 7) is 6.20. The summed E-state index contributed by atoms with van der Waals surface area (Å²) < 4.78 is 10.5. The van der Waals surface area contributed by atoms with E-state index in [4.69, 9.17) is 9.15 Å². The Labute approximate surface area is 100 Å². The third-order valence-corrected chi connectivity index (χ3v) is 2.89. The fourth-order valence-electron chi connectivity index (χ4n) is 1.88. The maximum Gasteiger partial charge on any atom is 0.310 e. The minimum absolute atomic E-state index is 0.190. The summed E-state index contributed by atoms with van der Waals surface area (Å²) in [5.74, 6) is 0.734. The van der Waals surface area contributed by atoms with E-state index >= 15 is 0 Å². The second kappa shape index (κ2) is 4.62. The fourth-order valence-corrected chi connectivity index (χ4v) is 1.88. The maximum atomic E-state index is 11.4. The quantitative estimate of drug-likeness (QED) is 0.763. The summed E-state index contributed by atoms with van der Waals surface area (Å²) in [5.41, 5.74) is 2.96. The molecule has 2 rings (SSSR count). The number of rotatable bonds is 3. The molecule has 2 aromatic rings. The van der Waals surface area contributed by atoms with Crippen LogP contribution in [-0.2, 0) is 16.0 Å². The van der Waals surface area contributed by atoms with E-state index in [1.807, 2.05) is 39.0 Å². The van der Waals surface area contributed by atoms with Crippen molar-refractivity contribution in [2.75, 3.05) is 6.61 Å². The van der Waals surface area contributed by atoms with Gasteiger partial charge in [-0.3, -0.25) is 4.79 Å². The highest BCUT2D eigenvalue weighted by molar-refractivity contribution is 5.84. The normalized spacial score (nSPS) is 10.8. The third kappa shape index (κ3) is 2.33. The van der Waals surface area contributed by atoms with Crippen LogP contribution in [0.4, 0.5) is 0 Å². The van der Waals surface area contributed by atoms with Gasteiger partial charge in [0.05, 0.1) is 13.0 Å². The number of hydrogen-bond acceptors (Lipinski definition) is 3. The minimum Gasteiger partial charge on any atom is -0.466 e. The molecule has 1 aromatic carbocycles. The van der Waals surface area contributed by atoms with E-state index in [2.05, 4.69) is 0 Å². The van der Waals surface area contributed by atoms with Crippen molar-refractivity contribution in [3.8, 4) is 0 Å². The third-order valence-electron chi connectivity index (χ3n) is 2.89. The topological polar surface area (TPSA) is 39.4 Å². The second-order valence-corrected chi connectivity index (χ2v) is 4.10. The number of furan rings is 1. The van der Waals surface area contributed by atoms with Crippen LogP contribution in [0, 0.1) is 13.8 Å². The Morgan fingerprint density at radius 1 is 1.35 bits per heavy atom. The van der Waals surface area contributed by atoms with E-state index in [1.165, 1.54) is 0 Å². The van der Waals surface area contributed by atoms with Crippen molar-refractivity contribution in [3.05, 3.63) is 35.1 Å². The number of aryl methyl sites for hydroxylation is 2. The van der Waals surface area contributed by atoms with Crippen LogP contribution in [0.5, 0.6) is 0 Å². The molecule has 1 aromatic heterocycles. The molecule has 17 heavy (non-hydrogen) atoms. The lowest BCUT2D eigenvalue weighted by molar-refractivity contribution is -0.142. The molecule has 0 aliphatic heterocycles. The Bertz CT molecular complexity index is 552. The highest BCUT2D eigenvalue weighted by Crippen LogP contribution is 2.25. The van der Waals surface area contributed by atoms with Crippen LogP contribution in [0.25, 0.3) is 11.0 Å². The van der Waals surface area contributed by atoms with Gasteiger partial charge >= 0.3 is 5.97 Å². The molecular formula is C14H16O3. The number of fused-ring (bicyclic) bond motifs is 1. The van der Waals surface area contributed by atoms with Gasteiger partial charge in [-0.1, -0.05) is 6.07 Å². The van der Waals surface area contributed by atoms with Crippen molar-refractivity contribution in [1.82, 2.24) is 0 Å². The van der Waals surface area contributed by atoms with Gasteiger partial charge in [-0.2, -0.15) is 0 Å². The predicted octanol–water partition coefficient (Wildman–Crippen LogP) is 3.16. The molecule has 90 valence electrons. The summed E-state index contributed by atoms with van der Waals surface area (Å²) in [5, 5.41) is 1.07. The number of esters is 1. The van der Waals surface area contributed by atoms with E-state index < -0.39 is 0 Å². The Balaban J connectivity index is 2.31. The predicted molar refractivity (Wildman–Crippen MR) is 66.0 cm³/mol. The van der Waals surface area contributed by atoms with Crippen molar-refractivity contribution in [2.24, 2.45) is 0 Å². The number of carbonyl (C=O) groups is 1. The number of hydrogen-bond donors (Lipinski definition) is 0. The van der Waals surface area contributed by atoms with Crippen LogP contribution < -0.4 is 0 Å². The summed E-state index contributed by atoms with van der Waals surface area (Å²) in [7, 11) is 0. The van der Waals surface area contributed by atoms with Crippen molar-refractivity contribution >= 4 is 16.9 Å². The molecule has 0 saturated carbocycles. The first-order valence-corrected chi connectivity index (χ1v) is 5.76. The van der Waals surface area contributed by atoms with Gasteiger partial charge in [0.2, 0.25) is 0 Å². The van der Waals surface area contributed by atoms with Crippen LogP contribution in [0.2, 0.25) is 0 Å². The second-order valence-electron chi connectivity index (χ2n) is 4.10. The molecule has 0 aliphatic rings. The first-order valence-electron chi connectivity index (χ1n) is 5.76. The molecule has 0 aliphatic carbocycles. The van der Waals surface area contributed by atoms with Crippen LogP contribution in [0.15, 0.2) is 22.6 Å². The molecule has 0 fully saturated rings. The molecule has 0 unspecified atom stereocenters. The first kappa shape index (κ1) is 11.7. The van der Waals surface area contributed by atoms with Gasteiger partial charge in [-0.25, -0.2) is 0 Å².